The number of hydrogen-bond donors (Lipinski definition) is 1. The van der Waals surface area contributed by atoms with Gasteiger partial charge in [0.2, 0.25) is 0 Å². The fraction of sp³-hybridized carbons (Fsp3) is 0.150. The summed E-state index contributed by atoms with van der Waals surface area (Å²) in [6.07, 6.45) is -5.39. The van der Waals surface area contributed by atoms with E-state index in [0.717, 1.165) is 22.9 Å². The van der Waals surface area contributed by atoms with Crippen molar-refractivity contribution in [2.24, 2.45) is 0 Å². The average Bonchev–Trinajstić information content (AvgIpc) is 2.61. The first kappa shape index (κ1) is 18.6. The lowest BCUT2D eigenvalue weighted by Gasteiger charge is -2.12. The van der Waals surface area contributed by atoms with E-state index in [9.17, 15) is 18.0 Å². The Balaban J connectivity index is 1.81. The van der Waals surface area contributed by atoms with Crippen molar-refractivity contribution >= 4 is 16.7 Å². The van der Waals surface area contributed by atoms with Gasteiger partial charge in [0.25, 0.3) is 0 Å². The van der Waals surface area contributed by atoms with Crippen molar-refractivity contribution in [3.05, 3.63) is 66.2 Å². The quantitative estimate of drug-likeness (QED) is 0.639. The Morgan fingerprint density at radius 3 is 2.04 bits per heavy atom. The van der Waals surface area contributed by atoms with Gasteiger partial charge < -0.3 is 14.6 Å². The lowest BCUT2D eigenvalue weighted by atomic mass is 10.1. The molecule has 0 aliphatic carbocycles. The van der Waals surface area contributed by atoms with Crippen LogP contribution >= 0.6 is 0 Å². The number of carbonyl (C=O) groups is 1. The zero-order valence-corrected chi connectivity index (χ0v) is 14.2. The molecule has 0 spiro atoms. The molecular formula is C20H15F3O4. The molecule has 0 heterocycles. The number of aliphatic carboxylic acids is 1. The number of fused-ring (bicyclic) bond motifs is 1. The molecule has 0 aliphatic rings. The second-order valence-corrected chi connectivity index (χ2v) is 5.89. The van der Waals surface area contributed by atoms with Crippen molar-refractivity contribution in [1.82, 2.24) is 0 Å². The summed E-state index contributed by atoms with van der Waals surface area (Å²) in [6.45, 7) is 1.43. The highest BCUT2D eigenvalue weighted by atomic mass is 19.4. The first-order chi connectivity index (χ1) is 12.7. The summed E-state index contributed by atoms with van der Waals surface area (Å²) in [7, 11) is 0. The Hall–Kier alpha value is -3.22. The van der Waals surface area contributed by atoms with Crippen LogP contribution in [0.3, 0.4) is 0 Å². The van der Waals surface area contributed by atoms with E-state index in [1.807, 2.05) is 0 Å². The molecule has 4 nitrogen and oxygen atoms in total. The minimum Gasteiger partial charge on any atom is -0.479 e. The van der Waals surface area contributed by atoms with E-state index in [2.05, 4.69) is 0 Å². The van der Waals surface area contributed by atoms with Gasteiger partial charge in [0.1, 0.15) is 17.2 Å². The monoisotopic (exact) mass is 376 g/mol. The van der Waals surface area contributed by atoms with Gasteiger partial charge in [-0.15, -0.1) is 0 Å². The predicted molar refractivity (Wildman–Crippen MR) is 93.2 cm³/mol. The molecule has 7 heteroatoms. The van der Waals surface area contributed by atoms with Crippen LogP contribution in [0.15, 0.2) is 60.7 Å². The SMILES string of the molecule is CC(Oc1ccc2ccc(Oc3ccc(C(F)(F)F)cc3)cc2c1)C(=O)O. The third-order valence-electron chi connectivity index (χ3n) is 3.86. The molecule has 0 radical (unpaired) electrons. The zero-order chi connectivity index (χ0) is 19.6. The zero-order valence-electron chi connectivity index (χ0n) is 14.2. The van der Waals surface area contributed by atoms with E-state index < -0.39 is 23.8 Å². The minimum absolute atomic E-state index is 0.272. The highest BCUT2D eigenvalue weighted by Gasteiger charge is 2.30. The van der Waals surface area contributed by atoms with E-state index in [-0.39, 0.29) is 5.75 Å². The smallest absolute Gasteiger partial charge is 0.416 e. The third kappa shape index (κ3) is 4.49. The summed E-state index contributed by atoms with van der Waals surface area (Å²) in [5, 5.41) is 10.5. The maximum absolute atomic E-state index is 12.6. The number of alkyl halides is 3. The second-order valence-electron chi connectivity index (χ2n) is 5.89. The topological polar surface area (TPSA) is 55.8 Å². The van der Waals surface area contributed by atoms with Crippen LogP contribution in [0.25, 0.3) is 10.8 Å². The fourth-order valence-electron chi connectivity index (χ4n) is 2.44. The summed E-state index contributed by atoms with van der Waals surface area (Å²) < 4.78 is 48.8. The first-order valence-corrected chi connectivity index (χ1v) is 8.01. The van der Waals surface area contributed by atoms with Crippen molar-refractivity contribution < 1.29 is 32.5 Å². The molecule has 0 saturated heterocycles. The Morgan fingerprint density at radius 2 is 1.44 bits per heavy atom. The molecule has 3 aromatic carbocycles. The number of benzene rings is 3. The van der Waals surface area contributed by atoms with E-state index in [0.29, 0.717) is 11.5 Å². The van der Waals surface area contributed by atoms with Crippen LogP contribution in [0.5, 0.6) is 17.2 Å². The molecule has 0 fully saturated rings. The van der Waals surface area contributed by atoms with Gasteiger partial charge in [0, 0.05) is 0 Å². The number of hydrogen-bond acceptors (Lipinski definition) is 3. The number of rotatable bonds is 5. The Labute approximate surface area is 152 Å². The van der Waals surface area contributed by atoms with Crippen LogP contribution in [-0.4, -0.2) is 17.2 Å². The van der Waals surface area contributed by atoms with Gasteiger partial charge in [-0.2, -0.15) is 13.2 Å². The van der Waals surface area contributed by atoms with E-state index in [1.54, 1.807) is 36.4 Å². The molecule has 0 aliphatic heterocycles. The number of halogens is 3. The first-order valence-electron chi connectivity index (χ1n) is 8.01. The molecule has 3 rings (SSSR count). The van der Waals surface area contributed by atoms with E-state index in [1.165, 1.54) is 19.1 Å². The maximum Gasteiger partial charge on any atom is 0.416 e. The molecule has 0 amide bonds. The molecule has 3 aromatic rings. The number of carboxylic acids is 1. The Kier molecular flexibility index (Phi) is 4.94. The molecule has 1 N–H and O–H groups in total. The maximum atomic E-state index is 12.6. The molecular weight excluding hydrogens is 361 g/mol. The molecule has 0 saturated carbocycles. The van der Waals surface area contributed by atoms with Crippen LogP contribution in [0, 0.1) is 0 Å². The molecule has 0 aromatic heterocycles. The average molecular weight is 376 g/mol. The third-order valence-corrected chi connectivity index (χ3v) is 3.86. The van der Waals surface area contributed by atoms with Gasteiger partial charge in [-0.05, 0) is 66.2 Å². The highest BCUT2D eigenvalue weighted by molar-refractivity contribution is 5.85. The van der Waals surface area contributed by atoms with Crippen molar-refractivity contribution in [2.45, 2.75) is 19.2 Å². The summed E-state index contributed by atoms with van der Waals surface area (Å²) in [5.41, 5.74) is -0.747. The van der Waals surface area contributed by atoms with Gasteiger partial charge in [0.05, 0.1) is 5.56 Å². The lowest BCUT2D eigenvalue weighted by molar-refractivity contribution is -0.144. The predicted octanol–water partition coefficient (Wildman–Crippen LogP) is 5.50. The normalized spacial score (nSPS) is 12.6. The van der Waals surface area contributed by atoms with Crippen molar-refractivity contribution in [1.29, 1.82) is 0 Å². The summed E-state index contributed by atoms with van der Waals surface area (Å²) in [6, 6.07) is 14.7. The highest BCUT2D eigenvalue weighted by Crippen LogP contribution is 2.32. The van der Waals surface area contributed by atoms with Gasteiger partial charge in [-0.1, -0.05) is 12.1 Å². The largest absolute Gasteiger partial charge is 0.479 e. The summed E-state index contributed by atoms with van der Waals surface area (Å²) in [5.74, 6) is 0.0264. The molecule has 1 atom stereocenters. The van der Waals surface area contributed by atoms with Crippen LogP contribution in [0.4, 0.5) is 13.2 Å². The van der Waals surface area contributed by atoms with Crippen LogP contribution in [0.1, 0.15) is 12.5 Å². The second kappa shape index (κ2) is 7.19. The van der Waals surface area contributed by atoms with E-state index >= 15 is 0 Å². The summed E-state index contributed by atoms with van der Waals surface area (Å²) >= 11 is 0. The number of carboxylic acid groups (broad SMARTS) is 1. The number of ether oxygens (including phenoxy) is 2. The van der Waals surface area contributed by atoms with Gasteiger partial charge in [-0.25, -0.2) is 4.79 Å². The van der Waals surface area contributed by atoms with Gasteiger partial charge in [0.15, 0.2) is 6.10 Å². The van der Waals surface area contributed by atoms with Gasteiger partial charge in [-0.3, -0.25) is 0 Å². The minimum atomic E-state index is -4.40. The summed E-state index contributed by atoms with van der Waals surface area (Å²) in [4.78, 5) is 10.9. The van der Waals surface area contributed by atoms with Crippen molar-refractivity contribution in [3.8, 4) is 17.2 Å². The van der Waals surface area contributed by atoms with Gasteiger partial charge >= 0.3 is 12.1 Å². The van der Waals surface area contributed by atoms with Crippen LogP contribution in [0.2, 0.25) is 0 Å². The van der Waals surface area contributed by atoms with Crippen LogP contribution < -0.4 is 9.47 Å². The van der Waals surface area contributed by atoms with Crippen molar-refractivity contribution in [2.75, 3.05) is 0 Å². The molecule has 1 unspecified atom stereocenters. The molecule has 27 heavy (non-hydrogen) atoms. The molecule has 0 bridgehead atoms. The lowest BCUT2D eigenvalue weighted by Crippen LogP contribution is -2.22. The van der Waals surface area contributed by atoms with Crippen LogP contribution in [-0.2, 0) is 11.0 Å². The fourth-order valence-corrected chi connectivity index (χ4v) is 2.44. The van der Waals surface area contributed by atoms with Crippen molar-refractivity contribution in [3.63, 3.8) is 0 Å². The van der Waals surface area contributed by atoms with E-state index in [4.69, 9.17) is 14.6 Å². The Morgan fingerprint density at radius 1 is 0.889 bits per heavy atom. The molecule has 140 valence electrons. The standard InChI is InChI=1S/C20H15F3O4/c1-12(19(24)25)26-17-6-2-13-3-7-18(11-14(13)10-17)27-16-8-4-15(5-9-16)20(21,22)23/h2-12H,1H3,(H,24,25). The Bertz CT molecular complexity index is 965.